The summed E-state index contributed by atoms with van der Waals surface area (Å²) in [6.45, 7) is 7.09. The number of hydrogen-bond acceptors (Lipinski definition) is 0. The van der Waals surface area contributed by atoms with E-state index in [9.17, 15) is 0 Å². The Balaban J connectivity index is 2.55. The van der Waals surface area contributed by atoms with Gasteiger partial charge in [0.1, 0.15) is 0 Å². The average Bonchev–Trinajstić information content (AvgIpc) is 2.06. The molecule has 1 aliphatic carbocycles. The maximum absolute atomic E-state index is 7.09. The van der Waals surface area contributed by atoms with Gasteiger partial charge in [0.15, 0.2) is 0 Å². The molecule has 0 bridgehead atoms. The van der Waals surface area contributed by atoms with Crippen molar-refractivity contribution in [3.63, 3.8) is 0 Å². The molecule has 1 aliphatic rings. The van der Waals surface area contributed by atoms with Gasteiger partial charge in [0.2, 0.25) is 0 Å². The molecule has 0 aliphatic heterocycles. The third-order valence-electron chi connectivity index (χ3n) is 2.05. The third kappa shape index (κ3) is 1.63. The van der Waals surface area contributed by atoms with E-state index >= 15 is 0 Å². The summed E-state index contributed by atoms with van der Waals surface area (Å²) >= 11 is 0.251. The van der Waals surface area contributed by atoms with Crippen LogP contribution >= 0.6 is 0 Å². The Kier molecular flexibility index (Phi) is 2.97. The number of rotatable bonds is 1. The molecule has 1 nitrogen and oxygen atoms in total. The van der Waals surface area contributed by atoms with Gasteiger partial charge in [-0.05, 0) is 0 Å². The summed E-state index contributed by atoms with van der Waals surface area (Å²) in [5.74, 6) is 0. The van der Waals surface area contributed by atoms with Crippen LogP contribution in [0.3, 0.4) is 0 Å². The first-order valence-electron chi connectivity index (χ1n) is 3.61. The zero-order valence-electron chi connectivity index (χ0n) is 6.28. The maximum atomic E-state index is 7.09. The van der Waals surface area contributed by atoms with E-state index in [1.165, 1.54) is 32.1 Å². The van der Waals surface area contributed by atoms with Gasteiger partial charge in [-0.3, -0.25) is 0 Å². The third-order valence-corrected chi connectivity index (χ3v) is 5.40. The van der Waals surface area contributed by atoms with Crippen LogP contribution < -0.4 is 0 Å². The first-order chi connectivity index (χ1) is 4.83. The summed E-state index contributed by atoms with van der Waals surface area (Å²) in [7, 11) is 0. The molecule has 0 N–H and O–H groups in total. The predicted octanol–water partition coefficient (Wildman–Crippen LogP) is 2.70. The van der Waals surface area contributed by atoms with Crippen molar-refractivity contribution in [3.8, 4) is 0 Å². The van der Waals surface area contributed by atoms with Gasteiger partial charge >= 0.3 is 72.2 Å². The topological polar surface area (TPSA) is 4.36 Å². The van der Waals surface area contributed by atoms with Crippen LogP contribution in [0.15, 0.2) is 0 Å². The van der Waals surface area contributed by atoms with E-state index in [0.717, 1.165) is 0 Å². The Labute approximate surface area is 72.3 Å². The Morgan fingerprint density at radius 1 is 1.30 bits per heavy atom. The van der Waals surface area contributed by atoms with Crippen molar-refractivity contribution < 1.29 is 19.8 Å². The van der Waals surface area contributed by atoms with Crippen molar-refractivity contribution in [2.24, 2.45) is 0 Å². The van der Waals surface area contributed by atoms with Gasteiger partial charge in [0.25, 0.3) is 0 Å². The minimum absolute atomic E-state index is 0.151. The molecule has 0 heterocycles. The second kappa shape index (κ2) is 3.57. The fourth-order valence-corrected chi connectivity index (χ4v) is 3.45. The van der Waals surface area contributed by atoms with E-state index in [2.05, 4.69) is 9.99 Å². The van der Waals surface area contributed by atoms with Crippen LogP contribution in [0.1, 0.15) is 32.1 Å². The molecular formula is C8H13AuN. The minimum atomic E-state index is 0.151. The van der Waals surface area contributed by atoms with Crippen molar-refractivity contribution in [1.29, 1.82) is 0 Å². The summed E-state index contributed by atoms with van der Waals surface area (Å²) in [4.78, 5) is 3.79. The first kappa shape index (κ1) is 8.33. The molecule has 0 atom stereocenters. The summed E-state index contributed by atoms with van der Waals surface area (Å²) in [6.07, 6.45) is 6.33. The van der Waals surface area contributed by atoms with Crippen molar-refractivity contribution in [1.82, 2.24) is 0 Å². The molecule has 1 fully saturated rings. The molecule has 61 valence electrons. The van der Waals surface area contributed by atoms with E-state index in [1.54, 1.807) is 0 Å². The Hall–Kier alpha value is 0.230. The van der Waals surface area contributed by atoms with Gasteiger partial charge in [0, 0.05) is 0 Å². The van der Waals surface area contributed by atoms with Gasteiger partial charge in [0.05, 0.1) is 0 Å². The molecule has 1 saturated carbocycles. The van der Waals surface area contributed by atoms with Crippen LogP contribution in [0.2, 0.25) is 5.14 Å². The van der Waals surface area contributed by atoms with Crippen molar-refractivity contribution >= 4 is 0 Å². The normalized spacial score (nSPS) is 24.0. The number of nitrogens with zero attached hydrogens (tertiary/aromatic N) is 1. The van der Waals surface area contributed by atoms with Crippen molar-refractivity contribution in [2.45, 2.75) is 41.0 Å². The predicted molar refractivity (Wildman–Crippen MR) is 38.3 cm³/mol. The zero-order chi connectivity index (χ0) is 7.45. The van der Waals surface area contributed by atoms with E-state index in [0.29, 0.717) is 0 Å². The van der Waals surface area contributed by atoms with Gasteiger partial charge in [-0.15, -0.1) is 0 Å². The van der Waals surface area contributed by atoms with Crippen LogP contribution in [0.5, 0.6) is 0 Å². The van der Waals surface area contributed by atoms with Crippen molar-refractivity contribution in [3.05, 3.63) is 11.4 Å². The van der Waals surface area contributed by atoms with Crippen LogP contribution in [-0.2, 0) is 19.8 Å². The molecule has 0 amide bonds. The quantitative estimate of drug-likeness (QED) is 0.517. The summed E-state index contributed by atoms with van der Waals surface area (Å²) < 4.78 is 0.151. The second-order valence-electron chi connectivity index (χ2n) is 2.67. The summed E-state index contributed by atoms with van der Waals surface area (Å²) in [5, 5.41) is 2.24. The molecule has 0 aromatic carbocycles. The fraction of sp³-hybridized carbons (Fsp3) is 0.875. The SMILES string of the molecule is [C-]#[N+][C]1([Au][CH3])CCCCC1. The molecule has 0 aromatic rings. The van der Waals surface area contributed by atoms with Crippen LogP contribution in [0.25, 0.3) is 4.85 Å². The Morgan fingerprint density at radius 2 is 1.90 bits per heavy atom. The molecule has 10 heavy (non-hydrogen) atoms. The number of hydrogen-bond donors (Lipinski definition) is 0. The summed E-state index contributed by atoms with van der Waals surface area (Å²) in [6, 6.07) is 0. The second-order valence-corrected chi connectivity index (χ2v) is 5.77. The Bertz CT molecular complexity index is 142. The van der Waals surface area contributed by atoms with Gasteiger partial charge in [-0.1, -0.05) is 0 Å². The fourth-order valence-electron chi connectivity index (χ4n) is 1.36. The van der Waals surface area contributed by atoms with E-state index in [4.69, 9.17) is 6.57 Å². The molecule has 0 radical (unpaired) electrons. The molecular weight excluding hydrogens is 307 g/mol. The average molecular weight is 320 g/mol. The zero-order valence-corrected chi connectivity index (χ0v) is 8.45. The summed E-state index contributed by atoms with van der Waals surface area (Å²) in [5.41, 5.74) is 0. The van der Waals surface area contributed by atoms with Gasteiger partial charge in [-0.25, -0.2) is 0 Å². The van der Waals surface area contributed by atoms with Gasteiger partial charge < -0.3 is 0 Å². The van der Waals surface area contributed by atoms with Crippen LogP contribution in [0.4, 0.5) is 0 Å². The van der Waals surface area contributed by atoms with Crippen molar-refractivity contribution in [2.75, 3.05) is 0 Å². The molecule has 0 saturated heterocycles. The van der Waals surface area contributed by atoms with E-state index < -0.39 is 0 Å². The van der Waals surface area contributed by atoms with E-state index in [1.807, 2.05) is 0 Å². The monoisotopic (exact) mass is 320 g/mol. The van der Waals surface area contributed by atoms with E-state index in [-0.39, 0.29) is 23.5 Å². The van der Waals surface area contributed by atoms with Crippen LogP contribution in [0, 0.1) is 6.57 Å². The first-order valence-corrected chi connectivity index (χ1v) is 6.86. The molecule has 0 spiro atoms. The molecule has 0 unspecified atom stereocenters. The molecule has 0 aromatic heterocycles. The Morgan fingerprint density at radius 3 is 2.20 bits per heavy atom. The molecule has 2 heteroatoms. The molecule has 1 rings (SSSR count). The van der Waals surface area contributed by atoms with Crippen LogP contribution in [-0.4, -0.2) is 3.76 Å². The van der Waals surface area contributed by atoms with Gasteiger partial charge in [-0.2, -0.15) is 0 Å². The standard InChI is InChI=1S/C7H10N.CH3.Au/c1-8-7-5-3-2-4-6-7;;/h2-6H2;1H3;.